The smallest absolute Gasteiger partial charge is 0.431 e. The molecule has 0 bridgehead atoms. The van der Waals surface area contributed by atoms with Crippen molar-refractivity contribution < 1.29 is 27.5 Å². The number of carboxylic acid groups (broad SMARTS) is 1. The van der Waals surface area contributed by atoms with E-state index in [9.17, 15) is 37.1 Å². The number of rotatable bonds is 4. The average Bonchev–Trinajstić information content (AvgIpc) is 3.14. The monoisotopic (exact) mass is 462 g/mol. The minimum Gasteiger partial charge on any atom is -0.481 e. The molecule has 0 spiro atoms. The van der Waals surface area contributed by atoms with Crippen LogP contribution in [0.15, 0.2) is 45.3 Å². The van der Waals surface area contributed by atoms with Gasteiger partial charge in [-0.3, -0.25) is 14.2 Å². The van der Waals surface area contributed by atoms with E-state index in [4.69, 9.17) is 11.6 Å². The first-order chi connectivity index (χ1) is 13.9. The van der Waals surface area contributed by atoms with Crippen LogP contribution in [0.3, 0.4) is 0 Å². The van der Waals surface area contributed by atoms with E-state index in [0.29, 0.717) is 10.9 Å². The molecule has 12 heteroatoms. The maximum atomic E-state index is 14.6. The molecule has 0 amide bonds. The largest absolute Gasteiger partial charge is 0.481 e. The van der Waals surface area contributed by atoms with Gasteiger partial charge in [0.15, 0.2) is 0 Å². The van der Waals surface area contributed by atoms with Gasteiger partial charge in [0, 0.05) is 23.0 Å². The normalized spacial score (nSPS) is 12.7. The van der Waals surface area contributed by atoms with Crippen molar-refractivity contribution in [3.05, 3.63) is 83.5 Å². The van der Waals surface area contributed by atoms with E-state index in [1.54, 1.807) is 11.4 Å². The molecule has 0 aliphatic heterocycles. The molecule has 3 aromatic rings. The molecular weight excluding hydrogens is 452 g/mol. The van der Waals surface area contributed by atoms with Gasteiger partial charge in [0.05, 0.1) is 5.69 Å². The van der Waals surface area contributed by atoms with Crippen molar-refractivity contribution in [3.8, 4) is 5.69 Å². The van der Waals surface area contributed by atoms with Gasteiger partial charge in [0.1, 0.15) is 17.4 Å². The van der Waals surface area contributed by atoms with Gasteiger partial charge in [0.2, 0.25) is 0 Å². The first-order valence-corrected chi connectivity index (χ1v) is 9.35. The summed E-state index contributed by atoms with van der Waals surface area (Å²) in [5.41, 5.74) is -5.23. The van der Waals surface area contributed by atoms with Gasteiger partial charge >= 0.3 is 17.8 Å². The quantitative estimate of drug-likeness (QED) is 0.600. The number of benzene rings is 1. The van der Waals surface area contributed by atoms with Crippen LogP contribution >= 0.6 is 22.9 Å². The average molecular weight is 463 g/mol. The molecule has 6 nitrogen and oxygen atoms in total. The number of halogens is 5. The van der Waals surface area contributed by atoms with E-state index in [-0.39, 0.29) is 25.8 Å². The lowest BCUT2D eigenvalue weighted by molar-refractivity contribution is -0.144. The summed E-state index contributed by atoms with van der Waals surface area (Å²) in [5.74, 6) is -3.85. The van der Waals surface area contributed by atoms with E-state index in [1.165, 1.54) is 6.07 Å². The first-order valence-electron chi connectivity index (χ1n) is 8.09. The number of hydrogen-bond donors (Lipinski definition) is 1. The Hall–Kier alpha value is -2.92. The molecule has 2 aromatic heterocycles. The molecule has 1 aromatic carbocycles. The summed E-state index contributed by atoms with van der Waals surface area (Å²) in [6.45, 7) is 0. The van der Waals surface area contributed by atoms with Crippen LogP contribution in [-0.2, 0) is 18.0 Å². The third-order valence-electron chi connectivity index (χ3n) is 4.30. The Kier molecular flexibility index (Phi) is 5.61. The van der Waals surface area contributed by atoms with Crippen LogP contribution in [0.1, 0.15) is 22.1 Å². The lowest BCUT2D eigenvalue weighted by Gasteiger charge is -2.17. The summed E-state index contributed by atoms with van der Waals surface area (Å²) in [5, 5.41) is 11.0. The highest BCUT2D eigenvalue weighted by Crippen LogP contribution is 2.35. The van der Waals surface area contributed by atoms with Gasteiger partial charge < -0.3 is 5.11 Å². The van der Waals surface area contributed by atoms with Crippen molar-refractivity contribution in [3.63, 3.8) is 0 Å². The number of nitrogens with zero attached hydrogens (tertiary/aromatic N) is 2. The second-order valence-corrected chi connectivity index (χ2v) is 7.54. The molecule has 1 atom stereocenters. The second-order valence-electron chi connectivity index (χ2n) is 6.15. The molecule has 0 saturated heterocycles. The Labute approximate surface area is 174 Å². The highest BCUT2D eigenvalue weighted by atomic mass is 35.5. The summed E-state index contributed by atoms with van der Waals surface area (Å²) < 4.78 is 54.0. The summed E-state index contributed by atoms with van der Waals surface area (Å²) in [4.78, 5) is 36.9. The van der Waals surface area contributed by atoms with Crippen LogP contribution in [0, 0.1) is 5.82 Å². The molecular formula is C18H11ClF4N2O4S. The SMILES string of the molecule is Cn1c(C(F)(F)F)cc(=O)n(-c2cc(C(C(=O)O)c3cccs3)c(Cl)cc2F)c1=O. The predicted octanol–water partition coefficient (Wildman–Crippen LogP) is 3.63. The van der Waals surface area contributed by atoms with E-state index < -0.39 is 46.5 Å². The molecule has 0 aliphatic carbocycles. The molecule has 0 aliphatic rings. The summed E-state index contributed by atoms with van der Waals surface area (Å²) in [7, 11) is 0.779. The van der Waals surface area contributed by atoms with E-state index >= 15 is 0 Å². The highest BCUT2D eigenvalue weighted by molar-refractivity contribution is 7.10. The third kappa shape index (κ3) is 3.77. The third-order valence-corrected chi connectivity index (χ3v) is 5.57. The molecule has 0 saturated carbocycles. The molecule has 158 valence electrons. The Morgan fingerprint density at radius 3 is 2.43 bits per heavy atom. The van der Waals surface area contributed by atoms with Crippen LogP contribution in [-0.4, -0.2) is 20.2 Å². The molecule has 30 heavy (non-hydrogen) atoms. The van der Waals surface area contributed by atoms with Gasteiger partial charge in [-0.2, -0.15) is 13.2 Å². The van der Waals surface area contributed by atoms with Gasteiger partial charge in [-0.15, -0.1) is 11.3 Å². The van der Waals surface area contributed by atoms with Crippen molar-refractivity contribution in [2.24, 2.45) is 7.05 Å². The van der Waals surface area contributed by atoms with E-state index in [1.807, 2.05) is 0 Å². The van der Waals surface area contributed by atoms with Crippen molar-refractivity contribution in [2.75, 3.05) is 0 Å². The van der Waals surface area contributed by atoms with Crippen LogP contribution in [0.4, 0.5) is 17.6 Å². The Morgan fingerprint density at radius 2 is 1.90 bits per heavy atom. The number of alkyl halides is 3. The second kappa shape index (κ2) is 7.73. The van der Waals surface area contributed by atoms with Crippen molar-refractivity contribution in [1.29, 1.82) is 0 Å². The molecule has 0 radical (unpaired) electrons. The standard InChI is InChI=1S/C18H11ClF4N2O4S/c1-24-13(18(21,22)23)7-14(26)25(17(24)29)11-5-8(9(19)6-10(11)20)15(16(27)28)12-3-2-4-30-12/h2-7,15H,1H3,(H,27,28). The lowest BCUT2D eigenvalue weighted by Crippen LogP contribution is -2.41. The van der Waals surface area contributed by atoms with Crippen molar-refractivity contribution in [1.82, 2.24) is 9.13 Å². The van der Waals surface area contributed by atoms with Crippen LogP contribution in [0.2, 0.25) is 5.02 Å². The Balaban J connectivity index is 2.31. The van der Waals surface area contributed by atoms with Gasteiger partial charge in [-0.05, 0) is 29.1 Å². The lowest BCUT2D eigenvalue weighted by atomic mass is 9.96. The fraction of sp³-hybridized carbons (Fsp3) is 0.167. The summed E-state index contributed by atoms with van der Waals surface area (Å²) >= 11 is 7.11. The fourth-order valence-electron chi connectivity index (χ4n) is 2.93. The maximum Gasteiger partial charge on any atom is 0.431 e. The molecule has 1 N–H and O–H groups in total. The minimum atomic E-state index is -4.98. The Morgan fingerprint density at radius 1 is 1.23 bits per heavy atom. The zero-order chi connectivity index (χ0) is 22.4. The molecule has 0 fully saturated rings. The number of aliphatic carboxylic acids is 1. The summed E-state index contributed by atoms with van der Waals surface area (Å²) in [6, 6.07) is 4.84. The van der Waals surface area contributed by atoms with Crippen LogP contribution in [0.5, 0.6) is 0 Å². The van der Waals surface area contributed by atoms with Crippen molar-refractivity contribution in [2.45, 2.75) is 12.1 Å². The zero-order valence-corrected chi connectivity index (χ0v) is 16.5. The van der Waals surface area contributed by atoms with Gasteiger partial charge in [-0.1, -0.05) is 17.7 Å². The van der Waals surface area contributed by atoms with Gasteiger partial charge in [0.25, 0.3) is 5.56 Å². The van der Waals surface area contributed by atoms with E-state index in [2.05, 4.69) is 0 Å². The number of thiophene rings is 1. The number of aromatic nitrogens is 2. The van der Waals surface area contributed by atoms with Crippen molar-refractivity contribution >= 4 is 28.9 Å². The van der Waals surface area contributed by atoms with E-state index in [0.717, 1.165) is 24.5 Å². The first kappa shape index (κ1) is 21.8. The predicted molar refractivity (Wildman–Crippen MR) is 101 cm³/mol. The maximum absolute atomic E-state index is 14.6. The minimum absolute atomic E-state index is 0.128. The molecule has 1 unspecified atom stereocenters. The zero-order valence-electron chi connectivity index (χ0n) is 14.9. The summed E-state index contributed by atoms with van der Waals surface area (Å²) in [6.07, 6.45) is -4.98. The Bertz CT molecular complexity index is 1250. The topological polar surface area (TPSA) is 81.3 Å². The number of carboxylic acids is 1. The van der Waals surface area contributed by atoms with Gasteiger partial charge in [-0.25, -0.2) is 13.8 Å². The fourth-order valence-corrected chi connectivity index (χ4v) is 4.02. The highest BCUT2D eigenvalue weighted by Gasteiger charge is 2.35. The molecule has 2 heterocycles. The molecule has 3 rings (SSSR count). The number of hydrogen-bond acceptors (Lipinski definition) is 4. The van der Waals surface area contributed by atoms with Crippen LogP contribution < -0.4 is 11.2 Å². The van der Waals surface area contributed by atoms with Crippen LogP contribution in [0.25, 0.3) is 5.69 Å². The number of carbonyl (C=O) groups is 1.